The van der Waals surface area contributed by atoms with E-state index >= 15 is 0 Å². The van der Waals surface area contributed by atoms with Crippen LogP contribution in [0.2, 0.25) is 0 Å². The van der Waals surface area contributed by atoms with Crippen molar-refractivity contribution in [3.63, 3.8) is 0 Å². The molecule has 1 amide bonds. The minimum absolute atomic E-state index is 0.0511. The second kappa shape index (κ2) is 8.47. The summed E-state index contributed by atoms with van der Waals surface area (Å²) in [7, 11) is 2.94. The maximum Gasteiger partial charge on any atom is 0.300 e. The zero-order valence-electron chi connectivity index (χ0n) is 17.5. The average Bonchev–Trinajstić information content (AvgIpc) is 3.10. The molecule has 7 nitrogen and oxygen atoms in total. The van der Waals surface area contributed by atoms with Crippen LogP contribution in [0.15, 0.2) is 78.4 Å². The number of aliphatic hydroxyl groups excluding tert-OH is 1. The van der Waals surface area contributed by atoms with Crippen LogP contribution in [0, 0.1) is 0 Å². The highest BCUT2D eigenvalue weighted by Gasteiger charge is 2.47. The van der Waals surface area contributed by atoms with Crippen molar-refractivity contribution in [2.24, 2.45) is 0 Å². The number of aromatic hydroxyl groups is 1. The first kappa shape index (κ1) is 21.0. The van der Waals surface area contributed by atoms with E-state index in [1.54, 1.807) is 66.7 Å². The Morgan fingerprint density at radius 3 is 2.22 bits per heavy atom. The van der Waals surface area contributed by atoms with Crippen molar-refractivity contribution in [2.75, 3.05) is 19.1 Å². The standard InChI is InChI=1S/C25H21NO6/c1-31-18-11-9-17(10-12-18)26-22(16-8-13-19(27)20(14-16)32-2)21(24(29)25(26)30)23(28)15-6-4-3-5-7-15/h3-14,22,27-28H,1-2H3/b23-21+/t22-/m0/s1. The van der Waals surface area contributed by atoms with Crippen LogP contribution >= 0.6 is 0 Å². The molecule has 1 heterocycles. The predicted octanol–water partition coefficient (Wildman–Crippen LogP) is 4.04. The molecule has 0 saturated carbocycles. The molecule has 7 heteroatoms. The van der Waals surface area contributed by atoms with Crippen molar-refractivity contribution < 1.29 is 29.3 Å². The van der Waals surface area contributed by atoms with Gasteiger partial charge in [0.05, 0.1) is 25.8 Å². The quantitative estimate of drug-likeness (QED) is 0.360. The Bertz CT molecular complexity index is 1200. The number of carbonyl (C=O) groups is 2. The minimum atomic E-state index is -0.932. The molecule has 0 aliphatic carbocycles. The lowest BCUT2D eigenvalue weighted by molar-refractivity contribution is -0.132. The largest absolute Gasteiger partial charge is 0.507 e. The van der Waals surface area contributed by atoms with Gasteiger partial charge in [0.1, 0.15) is 11.5 Å². The fourth-order valence-corrected chi connectivity index (χ4v) is 3.77. The van der Waals surface area contributed by atoms with Gasteiger partial charge in [0.2, 0.25) is 0 Å². The Labute approximate surface area is 184 Å². The number of ether oxygens (including phenoxy) is 2. The lowest BCUT2D eigenvalue weighted by atomic mass is 9.95. The van der Waals surface area contributed by atoms with E-state index in [0.29, 0.717) is 22.6 Å². The molecule has 1 atom stereocenters. The first-order chi connectivity index (χ1) is 15.5. The first-order valence-electron chi connectivity index (χ1n) is 9.83. The van der Waals surface area contributed by atoms with Gasteiger partial charge in [0.25, 0.3) is 11.7 Å². The molecule has 1 saturated heterocycles. The van der Waals surface area contributed by atoms with E-state index in [2.05, 4.69) is 0 Å². The number of carbonyl (C=O) groups excluding carboxylic acids is 2. The normalized spacial score (nSPS) is 17.4. The molecule has 32 heavy (non-hydrogen) atoms. The molecule has 1 fully saturated rings. The summed E-state index contributed by atoms with van der Waals surface area (Å²) in [5.41, 5.74) is 1.31. The molecule has 0 radical (unpaired) electrons. The number of phenolic OH excluding ortho intramolecular Hbond substituents is 1. The highest BCUT2D eigenvalue weighted by Crippen LogP contribution is 2.44. The third-order valence-electron chi connectivity index (χ3n) is 5.36. The molecule has 4 rings (SSSR count). The Kier molecular flexibility index (Phi) is 5.55. The molecular weight excluding hydrogens is 410 g/mol. The number of anilines is 1. The number of hydrogen-bond donors (Lipinski definition) is 2. The fraction of sp³-hybridized carbons (Fsp3) is 0.120. The van der Waals surface area contributed by atoms with E-state index in [1.807, 2.05) is 0 Å². The number of ketones is 1. The second-order valence-corrected chi connectivity index (χ2v) is 7.16. The van der Waals surface area contributed by atoms with Gasteiger partial charge in [-0.15, -0.1) is 0 Å². The number of hydrogen-bond acceptors (Lipinski definition) is 6. The number of methoxy groups -OCH3 is 2. The van der Waals surface area contributed by atoms with E-state index in [9.17, 15) is 19.8 Å². The number of phenols is 1. The van der Waals surface area contributed by atoms with Gasteiger partial charge in [-0.3, -0.25) is 14.5 Å². The Balaban J connectivity index is 1.95. The maximum absolute atomic E-state index is 13.1. The van der Waals surface area contributed by atoms with E-state index in [0.717, 1.165) is 0 Å². The number of aliphatic hydroxyl groups is 1. The van der Waals surface area contributed by atoms with Crippen molar-refractivity contribution in [3.8, 4) is 17.2 Å². The van der Waals surface area contributed by atoms with Crippen LogP contribution < -0.4 is 14.4 Å². The third kappa shape index (κ3) is 3.54. The van der Waals surface area contributed by atoms with Gasteiger partial charge in [-0.25, -0.2) is 0 Å². The number of Topliss-reactive ketones (excluding diaryl/α,β-unsaturated/α-hetero) is 1. The molecule has 0 unspecified atom stereocenters. The molecule has 1 aliphatic rings. The van der Waals surface area contributed by atoms with Crippen molar-refractivity contribution in [1.82, 2.24) is 0 Å². The molecule has 162 valence electrons. The SMILES string of the molecule is COc1ccc(N2C(=O)C(=O)/C(=C(/O)c3ccccc3)[C@@H]2c2ccc(O)c(OC)c2)cc1. The summed E-state index contributed by atoms with van der Waals surface area (Å²) in [4.78, 5) is 27.6. The van der Waals surface area contributed by atoms with Crippen LogP contribution in [0.1, 0.15) is 17.2 Å². The smallest absolute Gasteiger partial charge is 0.300 e. The van der Waals surface area contributed by atoms with E-state index < -0.39 is 17.7 Å². The molecular formula is C25H21NO6. The molecule has 2 N–H and O–H groups in total. The van der Waals surface area contributed by atoms with Crippen molar-refractivity contribution in [2.45, 2.75) is 6.04 Å². The van der Waals surface area contributed by atoms with Crippen LogP contribution in [0.3, 0.4) is 0 Å². The summed E-state index contributed by atoms with van der Waals surface area (Å²) in [6.07, 6.45) is 0. The number of benzene rings is 3. The van der Waals surface area contributed by atoms with Crippen LogP contribution in [-0.4, -0.2) is 36.1 Å². The van der Waals surface area contributed by atoms with E-state index in [1.165, 1.54) is 25.2 Å². The van der Waals surface area contributed by atoms with Crippen LogP contribution in [0.4, 0.5) is 5.69 Å². The van der Waals surface area contributed by atoms with E-state index in [-0.39, 0.29) is 22.8 Å². The Hall–Kier alpha value is -4.26. The lowest BCUT2D eigenvalue weighted by Gasteiger charge is -2.26. The third-order valence-corrected chi connectivity index (χ3v) is 5.36. The van der Waals surface area contributed by atoms with Gasteiger partial charge in [-0.1, -0.05) is 36.4 Å². The monoisotopic (exact) mass is 431 g/mol. The molecule has 3 aromatic carbocycles. The van der Waals surface area contributed by atoms with E-state index in [4.69, 9.17) is 9.47 Å². The zero-order valence-corrected chi connectivity index (χ0v) is 17.5. The Morgan fingerprint density at radius 1 is 0.906 bits per heavy atom. The van der Waals surface area contributed by atoms with Gasteiger partial charge in [-0.05, 0) is 42.0 Å². The highest BCUT2D eigenvalue weighted by atomic mass is 16.5. The van der Waals surface area contributed by atoms with Gasteiger partial charge < -0.3 is 19.7 Å². The van der Waals surface area contributed by atoms with Crippen LogP contribution in [0.5, 0.6) is 17.2 Å². The number of rotatable bonds is 5. The van der Waals surface area contributed by atoms with Crippen LogP contribution in [0.25, 0.3) is 5.76 Å². The maximum atomic E-state index is 13.1. The molecule has 0 aromatic heterocycles. The van der Waals surface area contributed by atoms with Crippen LogP contribution in [-0.2, 0) is 9.59 Å². The summed E-state index contributed by atoms with van der Waals surface area (Å²) < 4.78 is 10.4. The van der Waals surface area contributed by atoms with Crippen molar-refractivity contribution >= 4 is 23.1 Å². The zero-order chi connectivity index (χ0) is 22.8. The highest BCUT2D eigenvalue weighted by molar-refractivity contribution is 6.51. The summed E-state index contributed by atoms with van der Waals surface area (Å²) in [5, 5.41) is 21.1. The summed E-state index contributed by atoms with van der Waals surface area (Å²) in [5.74, 6) is -1.17. The number of nitrogens with zero attached hydrogens (tertiary/aromatic N) is 1. The fourth-order valence-electron chi connectivity index (χ4n) is 3.77. The topological polar surface area (TPSA) is 96.3 Å². The Morgan fingerprint density at radius 2 is 1.59 bits per heavy atom. The van der Waals surface area contributed by atoms with Gasteiger partial charge >= 0.3 is 0 Å². The summed E-state index contributed by atoms with van der Waals surface area (Å²) >= 11 is 0. The second-order valence-electron chi connectivity index (χ2n) is 7.16. The molecule has 3 aromatic rings. The lowest BCUT2D eigenvalue weighted by Crippen LogP contribution is -2.29. The van der Waals surface area contributed by atoms with Gasteiger partial charge in [-0.2, -0.15) is 0 Å². The molecule has 0 spiro atoms. The summed E-state index contributed by atoms with van der Waals surface area (Å²) in [6.45, 7) is 0. The minimum Gasteiger partial charge on any atom is -0.507 e. The average molecular weight is 431 g/mol. The first-order valence-corrected chi connectivity index (χ1v) is 9.83. The summed E-state index contributed by atoms with van der Waals surface area (Å²) in [6, 6.07) is 18.9. The molecule has 0 bridgehead atoms. The van der Waals surface area contributed by atoms with Crippen molar-refractivity contribution in [3.05, 3.63) is 89.5 Å². The van der Waals surface area contributed by atoms with Gasteiger partial charge in [0.15, 0.2) is 11.5 Å². The molecule has 1 aliphatic heterocycles. The number of amides is 1. The predicted molar refractivity (Wildman–Crippen MR) is 119 cm³/mol. The van der Waals surface area contributed by atoms with Crippen molar-refractivity contribution in [1.29, 1.82) is 0 Å². The van der Waals surface area contributed by atoms with Gasteiger partial charge in [0, 0.05) is 11.3 Å².